The SMILES string of the molecule is COC(=O)c1ccc(COC[C@@H](OCc2ccccc2)[C@@H](O)[C@H](O)[C@@H](COCc2ccc(C(=O)OC)cc2)OCc2ccccc2)cc1. The first-order chi connectivity index (χ1) is 23.4. The van der Waals surface area contributed by atoms with Crippen LogP contribution in [0.5, 0.6) is 0 Å². The standard InChI is InChI=1S/C38H42O10/c1-43-37(41)31-17-13-29(14-18-31)21-45-25-33(47-23-27-9-5-3-6-10-27)35(39)36(40)34(48-24-28-11-7-4-8-12-28)26-46-22-30-15-19-32(20-16-30)38(42)44-2/h3-20,33-36,39-40H,21-26H2,1-2H3/t33-,34-,35-,36-/m1/s1. The molecule has 4 aromatic rings. The Morgan fingerprint density at radius 1 is 0.500 bits per heavy atom. The van der Waals surface area contributed by atoms with Crippen molar-refractivity contribution >= 4 is 11.9 Å². The van der Waals surface area contributed by atoms with Gasteiger partial charge in [0, 0.05) is 0 Å². The highest BCUT2D eigenvalue weighted by Crippen LogP contribution is 2.18. The summed E-state index contributed by atoms with van der Waals surface area (Å²) in [4.78, 5) is 23.5. The molecule has 10 heteroatoms. The molecule has 0 aliphatic heterocycles. The van der Waals surface area contributed by atoms with Crippen LogP contribution in [0.3, 0.4) is 0 Å². The molecule has 0 amide bonds. The largest absolute Gasteiger partial charge is 0.465 e. The molecule has 0 heterocycles. The molecular formula is C38H42O10. The van der Waals surface area contributed by atoms with Crippen LogP contribution in [0.15, 0.2) is 109 Å². The molecule has 0 unspecified atom stereocenters. The number of aliphatic hydroxyl groups excluding tert-OH is 2. The highest BCUT2D eigenvalue weighted by Gasteiger charge is 2.34. The second-order valence-electron chi connectivity index (χ2n) is 11.1. The van der Waals surface area contributed by atoms with E-state index in [1.54, 1.807) is 48.5 Å². The Balaban J connectivity index is 1.43. The van der Waals surface area contributed by atoms with Gasteiger partial charge < -0.3 is 38.6 Å². The molecular weight excluding hydrogens is 616 g/mol. The summed E-state index contributed by atoms with van der Waals surface area (Å²) in [5, 5.41) is 23.0. The smallest absolute Gasteiger partial charge is 0.337 e. The number of hydrogen-bond donors (Lipinski definition) is 2. The number of rotatable bonds is 19. The van der Waals surface area contributed by atoms with Gasteiger partial charge in [0.2, 0.25) is 0 Å². The van der Waals surface area contributed by atoms with Crippen molar-refractivity contribution in [2.24, 2.45) is 0 Å². The molecule has 254 valence electrons. The molecule has 0 aliphatic rings. The Morgan fingerprint density at radius 3 is 1.17 bits per heavy atom. The summed E-state index contributed by atoms with van der Waals surface area (Å²) in [6, 6.07) is 32.6. The summed E-state index contributed by atoms with van der Waals surface area (Å²) >= 11 is 0. The quantitative estimate of drug-likeness (QED) is 0.134. The van der Waals surface area contributed by atoms with Crippen molar-refractivity contribution in [3.05, 3.63) is 143 Å². The molecule has 48 heavy (non-hydrogen) atoms. The van der Waals surface area contributed by atoms with Crippen molar-refractivity contribution in [2.75, 3.05) is 27.4 Å². The number of carbonyl (C=O) groups is 2. The Kier molecular flexibility index (Phi) is 14.7. The minimum atomic E-state index is -1.40. The average Bonchev–Trinajstić information content (AvgIpc) is 3.14. The van der Waals surface area contributed by atoms with Crippen LogP contribution in [0, 0.1) is 0 Å². The summed E-state index contributed by atoms with van der Waals surface area (Å²) in [6.07, 6.45) is -4.66. The number of ether oxygens (including phenoxy) is 6. The van der Waals surface area contributed by atoms with Crippen LogP contribution in [0.1, 0.15) is 43.0 Å². The molecule has 4 aromatic carbocycles. The number of hydrogen-bond acceptors (Lipinski definition) is 10. The molecule has 0 aromatic heterocycles. The van der Waals surface area contributed by atoms with E-state index in [0.717, 1.165) is 22.3 Å². The summed E-state index contributed by atoms with van der Waals surface area (Å²) < 4.78 is 33.6. The van der Waals surface area contributed by atoms with Crippen molar-refractivity contribution < 1.29 is 48.2 Å². The fourth-order valence-corrected chi connectivity index (χ4v) is 4.78. The number of benzene rings is 4. The van der Waals surface area contributed by atoms with Crippen LogP contribution in [-0.4, -0.2) is 74.0 Å². The highest BCUT2D eigenvalue weighted by atomic mass is 16.6. The third-order valence-electron chi connectivity index (χ3n) is 7.58. The zero-order chi connectivity index (χ0) is 34.1. The van der Waals surface area contributed by atoms with Crippen molar-refractivity contribution in [2.45, 2.75) is 50.8 Å². The van der Waals surface area contributed by atoms with Crippen LogP contribution >= 0.6 is 0 Å². The van der Waals surface area contributed by atoms with Gasteiger partial charge in [-0.15, -0.1) is 0 Å². The summed E-state index contributed by atoms with van der Waals surface area (Å²) in [5.74, 6) is -0.864. The van der Waals surface area contributed by atoms with Gasteiger partial charge in [0.25, 0.3) is 0 Å². The van der Waals surface area contributed by atoms with E-state index in [1.165, 1.54) is 14.2 Å². The Morgan fingerprint density at radius 2 is 0.833 bits per heavy atom. The molecule has 4 atom stereocenters. The minimum absolute atomic E-state index is 0.0391. The molecule has 0 saturated carbocycles. The van der Waals surface area contributed by atoms with Crippen LogP contribution in [0.4, 0.5) is 0 Å². The molecule has 2 N–H and O–H groups in total. The molecule has 4 rings (SSSR count). The lowest BCUT2D eigenvalue weighted by atomic mass is 10.0. The zero-order valence-corrected chi connectivity index (χ0v) is 27.1. The van der Waals surface area contributed by atoms with Crippen LogP contribution in [0.25, 0.3) is 0 Å². The minimum Gasteiger partial charge on any atom is -0.465 e. The van der Waals surface area contributed by atoms with Gasteiger partial charge in [-0.25, -0.2) is 9.59 Å². The lowest BCUT2D eigenvalue weighted by molar-refractivity contribution is -0.170. The van der Waals surface area contributed by atoms with E-state index in [0.29, 0.717) is 11.1 Å². The maximum atomic E-state index is 11.8. The van der Waals surface area contributed by atoms with E-state index in [2.05, 4.69) is 0 Å². The summed E-state index contributed by atoms with van der Waals surface area (Å²) in [5.41, 5.74) is 4.23. The van der Waals surface area contributed by atoms with Crippen molar-refractivity contribution in [3.63, 3.8) is 0 Å². The van der Waals surface area contributed by atoms with E-state index in [1.807, 2.05) is 60.7 Å². The first-order valence-electron chi connectivity index (χ1n) is 15.5. The average molecular weight is 659 g/mol. The predicted octanol–water partition coefficient (Wildman–Crippen LogP) is 4.89. The van der Waals surface area contributed by atoms with Crippen LogP contribution < -0.4 is 0 Å². The third-order valence-corrected chi connectivity index (χ3v) is 7.58. The molecule has 0 radical (unpaired) electrons. The van der Waals surface area contributed by atoms with Crippen molar-refractivity contribution in [1.82, 2.24) is 0 Å². The lowest BCUT2D eigenvalue weighted by Crippen LogP contribution is -2.49. The Hall–Kier alpha value is -4.42. The van der Waals surface area contributed by atoms with Gasteiger partial charge in [0.15, 0.2) is 0 Å². The van der Waals surface area contributed by atoms with Gasteiger partial charge in [-0.3, -0.25) is 0 Å². The number of carbonyl (C=O) groups excluding carboxylic acids is 2. The van der Waals surface area contributed by atoms with E-state index in [9.17, 15) is 19.8 Å². The monoisotopic (exact) mass is 658 g/mol. The molecule has 10 nitrogen and oxygen atoms in total. The van der Waals surface area contributed by atoms with Crippen molar-refractivity contribution in [3.8, 4) is 0 Å². The molecule has 0 bridgehead atoms. The summed E-state index contributed by atoms with van der Waals surface area (Å²) in [6.45, 7) is 0.647. The number of methoxy groups -OCH3 is 2. The zero-order valence-electron chi connectivity index (χ0n) is 27.1. The van der Waals surface area contributed by atoms with Gasteiger partial charge in [-0.05, 0) is 46.5 Å². The maximum Gasteiger partial charge on any atom is 0.337 e. The second kappa shape index (κ2) is 19.4. The number of aliphatic hydroxyl groups is 2. The van der Waals surface area contributed by atoms with Crippen LogP contribution in [-0.2, 0) is 54.8 Å². The van der Waals surface area contributed by atoms with Crippen LogP contribution in [0.2, 0.25) is 0 Å². The van der Waals surface area contributed by atoms with Crippen molar-refractivity contribution in [1.29, 1.82) is 0 Å². The first-order valence-corrected chi connectivity index (χ1v) is 15.5. The molecule has 0 saturated heterocycles. The van der Waals surface area contributed by atoms with E-state index < -0.39 is 36.4 Å². The molecule has 0 fully saturated rings. The second-order valence-corrected chi connectivity index (χ2v) is 11.1. The van der Waals surface area contributed by atoms with Gasteiger partial charge in [-0.1, -0.05) is 84.9 Å². The number of esters is 2. The third kappa shape index (κ3) is 11.4. The molecule has 0 aliphatic carbocycles. The van der Waals surface area contributed by atoms with Gasteiger partial charge in [-0.2, -0.15) is 0 Å². The normalized spacial score (nSPS) is 13.7. The van der Waals surface area contributed by atoms with E-state index >= 15 is 0 Å². The fraction of sp³-hybridized carbons (Fsp3) is 0.316. The highest BCUT2D eigenvalue weighted by molar-refractivity contribution is 5.89. The Labute approximate surface area is 280 Å². The van der Waals surface area contributed by atoms with Gasteiger partial charge in [0.1, 0.15) is 24.4 Å². The molecule has 0 spiro atoms. The summed E-state index contributed by atoms with van der Waals surface area (Å²) in [7, 11) is 2.65. The maximum absolute atomic E-state index is 11.8. The lowest BCUT2D eigenvalue weighted by Gasteiger charge is -2.32. The Bertz CT molecular complexity index is 1390. The van der Waals surface area contributed by atoms with E-state index in [4.69, 9.17) is 28.4 Å². The first kappa shape index (κ1) is 36.4. The van der Waals surface area contributed by atoms with Gasteiger partial charge in [0.05, 0.1) is 65.0 Å². The predicted molar refractivity (Wildman–Crippen MR) is 177 cm³/mol. The fourth-order valence-electron chi connectivity index (χ4n) is 4.78. The van der Waals surface area contributed by atoms with Gasteiger partial charge >= 0.3 is 11.9 Å². The topological polar surface area (TPSA) is 130 Å². The van der Waals surface area contributed by atoms with E-state index in [-0.39, 0.29) is 39.6 Å².